The van der Waals surface area contributed by atoms with Crippen LogP contribution in [-0.4, -0.2) is 28.1 Å². The van der Waals surface area contributed by atoms with Gasteiger partial charge >= 0.3 is 5.97 Å². The lowest BCUT2D eigenvalue weighted by molar-refractivity contribution is -0.138. The second-order valence-electron chi connectivity index (χ2n) is 5.90. The summed E-state index contributed by atoms with van der Waals surface area (Å²) < 4.78 is 0. The van der Waals surface area contributed by atoms with Crippen molar-refractivity contribution < 1.29 is 19.8 Å². The van der Waals surface area contributed by atoms with E-state index in [0.29, 0.717) is 6.42 Å². The normalized spacial score (nSPS) is 12.6. The number of aliphatic carboxylic acids is 1. The molecule has 0 saturated carbocycles. The molecule has 0 amide bonds. The molecule has 0 aromatic carbocycles. The van der Waals surface area contributed by atoms with E-state index in [0.717, 1.165) is 12.8 Å². The zero-order chi connectivity index (χ0) is 16.6. The van der Waals surface area contributed by atoms with Crippen molar-refractivity contribution in [2.45, 2.75) is 90.1 Å². The van der Waals surface area contributed by atoms with Gasteiger partial charge in [0.25, 0.3) is 0 Å². The fourth-order valence-electron chi connectivity index (χ4n) is 2.29. The van der Waals surface area contributed by atoms with Crippen LogP contribution < -0.4 is 0 Å². The molecule has 128 valence electrons. The minimum Gasteiger partial charge on any atom is -0.481 e. The van der Waals surface area contributed by atoms with Crippen molar-refractivity contribution in [3.05, 3.63) is 12.2 Å². The van der Waals surface area contributed by atoms with Crippen LogP contribution in [-0.2, 0) is 9.59 Å². The van der Waals surface area contributed by atoms with Crippen LogP contribution in [0.1, 0.15) is 84.0 Å². The Kier molecular flexibility index (Phi) is 14.0. The van der Waals surface area contributed by atoms with Crippen LogP contribution in [0.15, 0.2) is 12.2 Å². The molecule has 0 rings (SSSR count). The molecule has 2 N–H and O–H groups in total. The number of hydrogen-bond donors (Lipinski definition) is 2. The van der Waals surface area contributed by atoms with Crippen LogP contribution in [0, 0.1) is 0 Å². The highest BCUT2D eigenvalue weighted by Crippen LogP contribution is 2.11. The maximum Gasteiger partial charge on any atom is 0.303 e. The molecule has 0 aliphatic carbocycles. The van der Waals surface area contributed by atoms with Crippen molar-refractivity contribution in [2.75, 3.05) is 0 Å². The Balaban J connectivity index is 3.47. The first-order valence-corrected chi connectivity index (χ1v) is 8.67. The molecule has 4 heteroatoms. The molecule has 0 saturated heterocycles. The van der Waals surface area contributed by atoms with Crippen LogP contribution in [0.25, 0.3) is 0 Å². The molecule has 4 nitrogen and oxygen atoms in total. The maximum absolute atomic E-state index is 11.3. The smallest absolute Gasteiger partial charge is 0.303 e. The van der Waals surface area contributed by atoms with E-state index in [-0.39, 0.29) is 18.6 Å². The average molecular weight is 312 g/mol. The minimum absolute atomic E-state index is 0.00339. The second-order valence-corrected chi connectivity index (χ2v) is 5.90. The zero-order valence-corrected chi connectivity index (χ0v) is 13.9. The fourth-order valence-corrected chi connectivity index (χ4v) is 2.29. The summed E-state index contributed by atoms with van der Waals surface area (Å²) in [6.07, 6.45) is 13.8. The van der Waals surface area contributed by atoms with Crippen molar-refractivity contribution in [3.8, 4) is 0 Å². The van der Waals surface area contributed by atoms with E-state index in [1.54, 1.807) is 0 Å². The molecule has 0 aliphatic heterocycles. The Morgan fingerprint density at radius 1 is 0.909 bits per heavy atom. The van der Waals surface area contributed by atoms with Crippen LogP contribution in [0.2, 0.25) is 0 Å². The molecule has 0 spiro atoms. The Labute approximate surface area is 134 Å². The lowest BCUT2D eigenvalue weighted by atomic mass is 10.0. The monoisotopic (exact) mass is 312 g/mol. The van der Waals surface area contributed by atoms with Crippen molar-refractivity contribution in [1.82, 2.24) is 0 Å². The molecule has 1 unspecified atom stereocenters. The van der Waals surface area contributed by atoms with Crippen molar-refractivity contribution in [2.24, 2.45) is 0 Å². The predicted molar refractivity (Wildman–Crippen MR) is 88.9 cm³/mol. The predicted octanol–water partition coefficient (Wildman–Crippen LogP) is 4.26. The number of aliphatic hydroxyl groups excluding tert-OH is 1. The highest BCUT2D eigenvalue weighted by atomic mass is 16.4. The first-order chi connectivity index (χ1) is 10.6. The molecule has 22 heavy (non-hydrogen) atoms. The van der Waals surface area contributed by atoms with E-state index in [9.17, 15) is 14.7 Å². The summed E-state index contributed by atoms with van der Waals surface area (Å²) in [5.41, 5.74) is 0. The molecule has 0 aromatic heterocycles. The van der Waals surface area contributed by atoms with Crippen LogP contribution in [0.4, 0.5) is 0 Å². The van der Waals surface area contributed by atoms with E-state index >= 15 is 0 Å². The summed E-state index contributed by atoms with van der Waals surface area (Å²) in [5, 5.41) is 18.2. The van der Waals surface area contributed by atoms with Gasteiger partial charge in [0, 0.05) is 6.42 Å². The van der Waals surface area contributed by atoms with Gasteiger partial charge in [0.15, 0.2) is 5.78 Å². The number of carbonyl (C=O) groups excluding carboxylic acids is 1. The molecule has 1 atom stereocenters. The van der Waals surface area contributed by atoms with E-state index in [1.165, 1.54) is 57.1 Å². The largest absolute Gasteiger partial charge is 0.481 e. The first-order valence-electron chi connectivity index (χ1n) is 8.67. The van der Waals surface area contributed by atoms with Crippen LogP contribution in [0.5, 0.6) is 0 Å². The molecule has 0 aliphatic rings. The standard InChI is InChI=1S/C18H32O4/c1-2-3-4-5-6-7-8-9-10-11-16(19)12-13-17(20)14-15-18(21)22/h12-13,16,19H,2-11,14-15H2,1H3,(H,21,22)/b13-12+. The first kappa shape index (κ1) is 20.8. The Bertz CT molecular complexity index is 323. The van der Waals surface area contributed by atoms with Gasteiger partial charge in [0.1, 0.15) is 0 Å². The lowest BCUT2D eigenvalue weighted by Crippen LogP contribution is -2.05. The molecule has 0 bridgehead atoms. The molecule has 0 heterocycles. The number of hydrogen-bond acceptors (Lipinski definition) is 3. The molecule has 0 fully saturated rings. The quantitative estimate of drug-likeness (QED) is 0.350. The van der Waals surface area contributed by atoms with Gasteiger partial charge in [0.2, 0.25) is 0 Å². The van der Waals surface area contributed by atoms with Gasteiger partial charge in [0.05, 0.1) is 12.5 Å². The summed E-state index contributed by atoms with van der Waals surface area (Å²) in [4.78, 5) is 21.6. The van der Waals surface area contributed by atoms with Crippen molar-refractivity contribution in [3.63, 3.8) is 0 Å². The number of rotatable bonds is 15. The Hall–Kier alpha value is -1.16. The highest BCUT2D eigenvalue weighted by molar-refractivity contribution is 5.91. The van der Waals surface area contributed by atoms with E-state index in [4.69, 9.17) is 5.11 Å². The summed E-state index contributed by atoms with van der Waals surface area (Å²) in [6, 6.07) is 0. The summed E-state index contributed by atoms with van der Waals surface area (Å²) in [5.74, 6) is -1.22. The van der Waals surface area contributed by atoms with E-state index < -0.39 is 12.1 Å². The number of unbranched alkanes of at least 4 members (excludes halogenated alkanes) is 8. The second kappa shape index (κ2) is 14.8. The number of aliphatic hydroxyl groups is 1. The summed E-state index contributed by atoms with van der Waals surface area (Å²) >= 11 is 0. The van der Waals surface area contributed by atoms with Crippen molar-refractivity contribution in [1.29, 1.82) is 0 Å². The third-order valence-corrected chi connectivity index (χ3v) is 3.69. The SMILES string of the molecule is CCCCCCCCCCCC(O)/C=C/C(=O)CCC(=O)O. The van der Waals surface area contributed by atoms with Crippen LogP contribution >= 0.6 is 0 Å². The Morgan fingerprint density at radius 2 is 1.45 bits per heavy atom. The molecular formula is C18H32O4. The van der Waals surface area contributed by atoms with Gasteiger partial charge in [-0.15, -0.1) is 0 Å². The maximum atomic E-state index is 11.3. The zero-order valence-electron chi connectivity index (χ0n) is 13.9. The average Bonchev–Trinajstić information content (AvgIpc) is 2.49. The summed E-state index contributed by atoms with van der Waals surface area (Å²) in [6.45, 7) is 2.22. The van der Waals surface area contributed by atoms with Crippen molar-refractivity contribution >= 4 is 11.8 Å². The van der Waals surface area contributed by atoms with Gasteiger partial charge in [-0.25, -0.2) is 0 Å². The Morgan fingerprint density at radius 3 is 2.00 bits per heavy atom. The number of allylic oxidation sites excluding steroid dienone is 1. The van der Waals surface area contributed by atoms with Gasteiger partial charge < -0.3 is 10.2 Å². The van der Waals surface area contributed by atoms with Crippen LogP contribution in [0.3, 0.4) is 0 Å². The fraction of sp³-hybridized carbons (Fsp3) is 0.778. The topological polar surface area (TPSA) is 74.6 Å². The highest BCUT2D eigenvalue weighted by Gasteiger charge is 2.04. The van der Waals surface area contributed by atoms with Gasteiger partial charge in [-0.3, -0.25) is 9.59 Å². The third kappa shape index (κ3) is 15.2. The van der Waals surface area contributed by atoms with Gasteiger partial charge in [-0.2, -0.15) is 0 Å². The number of carboxylic acid groups (broad SMARTS) is 1. The third-order valence-electron chi connectivity index (χ3n) is 3.69. The van der Waals surface area contributed by atoms with Gasteiger partial charge in [-0.05, 0) is 12.5 Å². The van der Waals surface area contributed by atoms with Gasteiger partial charge in [-0.1, -0.05) is 70.8 Å². The number of ketones is 1. The summed E-state index contributed by atoms with van der Waals surface area (Å²) in [7, 11) is 0. The van der Waals surface area contributed by atoms with E-state index in [2.05, 4.69) is 6.92 Å². The molecule has 0 aromatic rings. The number of carbonyl (C=O) groups is 2. The lowest BCUT2D eigenvalue weighted by Gasteiger charge is -2.05. The number of carboxylic acids is 1. The molecule has 0 radical (unpaired) electrons. The minimum atomic E-state index is -0.975. The van der Waals surface area contributed by atoms with E-state index in [1.807, 2.05) is 0 Å². The molecular weight excluding hydrogens is 280 g/mol.